The molecule has 0 aliphatic heterocycles. The third kappa shape index (κ3) is 5.02. The van der Waals surface area contributed by atoms with Crippen LogP contribution >= 0.6 is 0 Å². The van der Waals surface area contributed by atoms with Gasteiger partial charge in [0, 0.05) is 19.1 Å². The van der Waals surface area contributed by atoms with Gasteiger partial charge in [-0.05, 0) is 44.4 Å². The van der Waals surface area contributed by atoms with Gasteiger partial charge in [-0.2, -0.15) is 0 Å². The molecule has 0 heterocycles. The van der Waals surface area contributed by atoms with E-state index in [1.54, 1.807) is 0 Å². The Morgan fingerprint density at radius 2 is 1.86 bits per heavy atom. The van der Waals surface area contributed by atoms with Crippen LogP contribution < -0.4 is 4.74 Å². The Morgan fingerprint density at radius 3 is 2.36 bits per heavy atom. The summed E-state index contributed by atoms with van der Waals surface area (Å²) in [6.07, 6.45) is 2.64. The molecule has 0 spiro atoms. The summed E-state index contributed by atoms with van der Waals surface area (Å²) in [5, 5.41) is 0. The van der Waals surface area contributed by atoms with Crippen LogP contribution in [0.3, 0.4) is 0 Å². The zero-order chi connectivity index (χ0) is 16.1. The Morgan fingerprint density at radius 1 is 1.23 bits per heavy atom. The molecule has 2 rings (SSSR count). The van der Waals surface area contributed by atoms with Crippen molar-refractivity contribution in [2.24, 2.45) is 5.92 Å². The predicted molar refractivity (Wildman–Crippen MR) is 86.8 cm³/mol. The van der Waals surface area contributed by atoms with E-state index in [1.165, 1.54) is 25.5 Å². The minimum Gasteiger partial charge on any atom is -0.491 e. The third-order valence-electron chi connectivity index (χ3n) is 3.86. The van der Waals surface area contributed by atoms with Gasteiger partial charge in [0.25, 0.3) is 0 Å². The quantitative estimate of drug-likeness (QED) is 0.691. The first-order valence-electron chi connectivity index (χ1n) is 8.07. The van der Waals surface area contributed by atoms with Gasteiger partial charge < -0.3 is 9.47 Å². The fraction of sp³-hybridized carbons (Fsp3) is 0.611. The van der Waals surface area contributed by atoms with Gasteiger partial charge in [-0.25, -0.2) is 0 Å². The summed E-state index contributed by atoms with van der Waals surface area (Å²) in [7, 11) is 1.45. The maximum Gasteiger partial charge on any atom is 0.309 e. The van der Waals surface area contributed by atoms with Gasteiger partial charge in [-0.15, -0.1) is 0 Å². The second-order valence-corrected chi connectivity index (χ2v) is 6.40. The molecule has 0 aromatic heterocycles. The lowest BCUT2D eigenvalue weighted by atomic mass is 10.1. The third-order valence-corrected chi connectivity index (χ3v) is 3.86. The van der Waals surface area contributed by atoms with Crippen LogP contribution in [0.4, 0.5) is 0 Å². The number of hydrogen-bond donors (Lipinski definition) is 0. The van der Waals surface area contributed by atoms with E-state index in [4.69, 9.17) is 9.47 Å². The van der Waals surface area contributed by atoms with Gasteiger partial charge in [-0.3, -0.25) is 9.69 Å². The van der Waals surface area contributed by atoms with Crippen LogP contribution in [-0.4, -0.2) is 36.7 Å². The number of carbonyl (C=O) groups is 1. The van der Waals surface area contributed by atoms with E-state index in [2.05, 4.69) is 17.0 Å². The highest BCUT2D eigenvalue weighted by atomic mass is 16.5. The zero-order valence-electron chi connectivity index (χ0n) is 14.0. The summed E-state index contributed by atoms with van der Waals surface area (Å²) in [6, 6.07) is 8.86. The van der Waals surface area contributed by atoms with Crippen LogP contribution in [0.15, 0.2) is 24.3 Å². The minimum absolute atomic E-state index is 0.0888. The molecule has 122 valence electrons. The minimum atomic E-state index is -0.133. The van der Waals surface area contributed by atoms with Crippen molar-refractivity contribution in [2.75, 3.05) is 13.7 Å². The Kier molecular flexibility index (Phi) is 5.83. The summed E-state index contributed by atoms with van der Waals surface area (Å²) >= 11 is 0. The second kappa shape index (κ2) is 7.63. The molecule has 0 amide bonds. The molecule has 1 aliphatic carbocycles. The lowest BCUT2D eigenvalue weighted by Crippen LogP contribution is -2.33. The smallest absolute Gasteiger partial charge is 0.309 e. The fourth-order valence-corrected chi connectivity index (χ4v) is 2.59. The highest BCUT2D eigenvalue weighted by Gasteiger charge is 2.31. The van der Waals surface area contributed by atoms with Gasteiger partial charge in [0.15, 0.2) is 0 Å². The maximum atomic E-state index is 11.6. The Balaban J connectivity index is 1.94. The first-order valence-corrected chi connectivity index (χ1v) is 8.07. The molecule has 22 heavy (non-hydrogen) atoms. The first-order chi connectivity index (χ1) is 10.5. The van der Waals surface area contributed by atoms with Gasteiger partial charge in [-0.1, -0.05) is 19.1 Å². The van der Waals surface area contributed by atoms with Gasteiger partial charge >= 0.3 is 5.97 Å². The highest BCUT2D eigenvalue weighted by molar-refractivity contribution is 5.72. The molecule has 0 saturated heterocycles. The number of benzene rings is 1. The van der Waals surface area contributed by atoms with E-state index >= 15 is 0 Å². The van der Waals surface area contributed by atoms with Gasteiger partial charge in [0.2, 0.25) is 0 Å². The van der Waals surface area contributed by atoms with E-state index in [0.717, 1.165) is 18.8 Å². The lowest BCUT2D eigenvalue weighted by Gasteiger charge is -2.24. The molecule has 0 N–H and O–H groups in total. The van der Waals surface area contributed by atoms with Crippen LogP contribution in [0.5, 0.6) is 5.75 Å². The number of hydrogen-bond acceptors (Lipinski definition) is 4. The molecule has 0 unspecified atom stereocenters. The summed E-state index contributed by atoms with van der Waals surface area (Å²) in [5.74, 6) is 0.681. The van der Waals surface area contributed by atoms with Crippen molar-refractivity contribution in [3.8, 4) is 5.75 Å². The average Bonchev–Trinajstić information content (AvgIpc) is 3.31. The number of rotatable bonds is 8. The molecular formula is C18H27NO3. The zero-order valence-corrected chi connectivity index (χ0v) is 14.0. The van der Waals surface area contributed by atoms with Gasteiger partial charge in [0.05, 0.1) is 19.1 Å². The largest absolute Gasteiger partial charge is 0.491 e. The highest BCUT2D eigenvalue weighted by Crippen LogP contribution is 2.29. The second-order valence-electron chi connectivity index (χ2n) is 6.40. The molecule has 0 radical (unpaired) electrons. The standard InChI is InChI=1S/C18H27NO3/c1-13(2)22-17-9-5-15(6-10-17)12-19(16-7-8-16)11-14(3)18(20)21-4/h5-6,9-10,13-14,16H,7-8,11-12H2,1-4H3/t14-/m0/s1. The molecule has 4 nitrogen and oxygen atoms in total. The Labute approximate surface area is 133 Å². The Bertz CT molecular complexity index is 480. The topological polar surface area (TPSA) is 38.8 Å². The van der Waals surface area contributed by atoms with E-state index < -0.39 is 0 Å². The fourth-order valence-electron chi connectivity index (χ4n) is 2.59. The lowest BCUT2D eigenvalue weighted by molar-refractivity contribution is -0.145. The maximum absolute atomic E-state index is 11.6. The Hall–Kier alpha value is -1.55. The molecule has 1 aromatic rings. The van der Waals surface area contributed by atoms with Crippen molar-refractivity contribution >= 4 is 5.97 Å². The van der Waals surface area contributed by atoms with E-state index in [9.17, 15) is 4.79 Å². The van der Waals surface area contributed by atoms with E-state index in [1.807, 2.05) is 32.9 Å². The molecular weight excluding hydrogens is 278 g/mol. The van der Waals surface area contributed by atoms with Crippen molar-refractivity contribution < 1.29 is 14.3 Å². The summed E-state index contributed by atoms with van der Waals surface area (Å²) < 4.78 is 10.5. The number of nitrogens with zero attached hydrogens (tertiary/aromatic N) is 1. The SMILES string of the molecule is COC(=O)[C@@H](C)CN(Cc1ccc(OC(C)C)cc1)C1CC1. The van der Waals surface area contributed by atoms with Crippen LogP contribution in [0.1, 0.15) is 39.2 Å². The monoisotopic (exact) mass is 305 g/mol. The van der Waals surface area contributed by atoms with Crippen molar-refractivity contribution in [3.05, 3.63) is 29.8 Å². The molecule has 1 atom stereocenters. The van der Waals surface area contributed by atoms with Crippen LogP contribution in [0.25, 0.3) is 0 Å². The van der Waals surface area contributed by atoms with Crippen molar-refractivity contribution in [2.45, 2.75) is 52.3 Å². The number of methoxy groups -OCH3 is 1. The van der Waals surface area contributed by atoms with Crippen LogP contribution in [0, 0.1) is 5.92 Å². The first kappa shape index (κ1) is 16.8. The predicted octanol–water partition coefficient (Wildman–Crippen LogP) is 3.25. The van der Waals surface area contributed by atoms with E-state index in [0.29, 0.717) is 6.04 Å². The molecule has 1 fully saturated rings. The molecule has 1 aliphatic rings. The van der Waals surface area contributed by atoms with E-state index in [-0.39, 0.29) is 18.0 Å². The average molecular weight is 305 g/mol. The number of esters is 1. The van der Waals surface area contributed by atoms with Crippen molar-refractivity contribution in [3.63, 3.8) is 0 Å². The number of carbonyl (C=O) groups excluding carboxylic acids is 1. The van der Waals surface area contributed by atoms with Gasteiger partial charge in [0.1, 0.15) is 5.75 Å². The molecule has 1 saturated carbocycles. The summed E-state index contributed by atoms with van der Waals surface area (Å²) in [6.45, 7) is 7.60. The normalized spacial score (nSPS) is 15.9. The van der Waals surface area contributed by atoms with Crippen LogP contribution in [-0.2, 0) is 16.1 Å². The molecule has 4 heteroatoms. The molecule has 1 aromatic carbocycles. The summed E-state index contributed by atoms with van der Waals surface area (Å²) in [5.41, 5.74) is 1.25. The van der Waals surface area contributed by atoms with Crippen molar-refractivity contribution in [1.82, 2.24) is 4.90 Å². The number of ether oxygens (including phenoxy) is 2. The van der Waals surface area contributed by atoms with Crippen LogP contribution in [0.2, 0.25) is 0 Å². The van der Waals surface area contributed by atoms with Crippen molar-refractivity contribution in [1.29, 1.82) is 0 Å². The summed E-state index contributed by atoms with van der Waals surface area (Å²) in [4.78, 5) is 14.0. The molecule has 0 bridgehead atoms.